The molecule has 0 fully saturated rings. The minimum Gasteiger partial charge on any atom is -0.364 e. The quantitative estimate of drug-likeness (QED) is 0.591. The van der Waals surface area contributed by atoms with Gasteiger partial charge in [0.25, 0.3) is 5.91 Å². The fraction of sp³-hybridized carbons (Fsp3) is 0.409. The number of halogens is 4. The lowest BCUT2D eigenvalue weighted by molar-refractivity contribution is -0.139. The van der Waals surface area contributed by atoms with E-state index >= 15 is 0 Å². The molecular weight excluding hydrogens is 440 g/mol. The summed E-state index contributed by atoms with van der Waals surface area (Å²) < 4.78 is 55.3. The molecule has 1 aromatic carbocycles. The summed E-state index contributed by atoms with van der Waals surface area (Å²) in [5.41, 5.74) is 1.69. The molecule has 174 valence electrons. The fourth-order valence-electron chi connectivity index (χ4n) is 4.77. The number of aromatic amines is 1. The third kappa shape index (κ3) is 3.65. The summed E-state index contributed by atoms with van der Waals surface area (Å²) in [4.78, 5) is 16.7. The number of amides is 1. The van der Waals surface area contributed by atoms with Gasteiger partial charge in [-0.2, -0.15) is 23.4 Å². The van der Waals surface area contributed by atoms with Crippen LogP contribution in [0.2, 0.25) is 0 Å². The maximum Gasteiger partial charge on any atom is 0.419 e. The van der Waals surface area contributed by atoms with Crippen molar-refractivity contribution >= 4 is 11.6 Å². The molecule has 33 heavy (non-hydrogen) atoms. The SMILES string of the molecule is C[C@@H]1Cc2nn3c(c2CN1c1ccc(F)c(C(F)(F)F)c1)C(=O)N(C)C[C@@H](c1cc[nH]n1)C3. The lowest BCUT2D eigenvalue weighted by Crippen LogP contribution is -2.39. The first kappa shape index (κ1) is 21.5. The summed E-state index contributed by atoms with van der Waals surface area (Å²) in [5, 5.41) is 11.8. The van der Waals surface area contributed by atoms with E-state index in [4.69, 9.17) is 5.10 Å². The van der Waals surface area contributed by atoms with Crippen molar-refractivity contribution in [2.75, 3.05) is 18.5 Å². The number of hydrogen-bond donors (Lipinski definition) is 1. The first-order valence-corrected chi connectivity index (χ1v) is 10.6. The van der Waals surface area contributed by atoms with Crippen LogP contribution in [0.3, 0.4) is 0 Å². The minimum absolute atomic E-state index is 0.0484. The number of carbonyl (C=O) groups is 1. The Morgan fingerprint density at radius 2 is 1.97 bits per heavy atom. The fourth-order valence-corrected chi connectivity index (χ4v) is 4.77. The van der Waals surface area contributed by atoms with Gasteiger partial charge in [-0.3, -0.25) is 14.6 Å². The molecule has 1 N–H and O–H groups in total. The van der Waals surface area contributed by atoms with Crippen molar-refractivity contribution in [2.45, 2.75) is 44.6 Å². The molecule has 0 unspecified atom stereocenters. The summed E-state index contributed by atoms with van der Waals surface area (Å²) in [6.07, 6.45) is -2.61. The molecule has 0 radical (unpaired) electrons. The standard InChI is InChI=1S/C22H22F4N6O/c1-12-7-19-15(11-31(12)14-3-4-17(23)16(8-14)22(24,25)26)20-21(33)30(2)9-13(10-32(20)29-19)18-5-6-27-28-18/h3-6,8,12-13H,7,9-11H2,1-2H3,(H,27,28)/t12-,13-/m1/s1. The summed E-state index contributed by atoms with van der Waals surface area (Å²) in [7, 11) is 1.72. The van der Waals surface area contributed by atoms with Crippen LogP contribution in [0.15, 0.2) is 30.5 Å². The Morgan fingerprint density at radius 3 is 2.67 bits per heavy atom. The van der Waals surface area contributed by atoms with E-state index in [0.717, 1.165) is 23.5 Å². The molecular formula is C22H22F4N6O. The van der Waals surface area contributed by atoms with E-state index in [0.29, 0.717) is 30.8 Å². The van der Waals surface area contributed by atoms with Gasteiger partial charge in [0, 0.05) is 56.0 Å². The zero-order chi connectivity index (χ0) is 23.5. The van der Waals surface area contributed by atoms with Crippen LogP contribution in [0.1, 0.15) is 45.8 Å². The Bertz CT molecular complexity index is 1200. The van der Waals surface area contributed by atoms with Crippen molar-refractivity contribution in [3.63, 3.8) is 0 Å². The second-order valence-corrected chi connectivity index (χ2v) is 8.68. The Hall–Kier alpha value is -3.37. The zero-order valence-corrected chi connectivity index (χ0v) is 18.0. The molecule has 2 aliphatic rings. The van der Waals surface area contributed by atoms with Gasteiger partial charge in [-0.1, -0.05) is 0 Å². The molecule has 0 saturated heterocycles. The Kier molecular flexibility index (Phi) is 4.95. The maximum absolute atomic E-state index is 13.8. The largest absolute Gasteiger partial charge is 0.419 e. The average molecular weight is 462 g/mol. The molecule has 0 spiro atoms. The number of likely N-dealkylation sites (N-methyl/N-ethyl adjacent to an activating group) is 1. The third-order valence-corrected chi connectivity index (χ3v) is 6.45. The van der Waals surface area contributed by atoms with Crippen molar-refractivity contribution in [2.24, 2.45) is 0 Å². The predicted octanol–water partition coefficient (Wildman–Crippen LogP) is 3.58. The normalized spacial score (nSPS) is 21.1. The topological polar surface area (TPSA) is 70.1 Å². The second kappa shape index (κ2) is 7.60. The predicted molar refractivity (Wildman–Crippen MR) is 111 cm³/mol. The van der Waals surface area contributed by atoms with Gasteiger partial charge >= 0.3 is 6.18 Å². The minimum atomic E-state index is -4.79. The summed E-state index contributed by atoms with van der Waals surface area (Å²) >= 11 is 0. The highest BCUT2D eigenvalue weighted by atomic mass is 19.4. The number of benzene rings is 1. The monoisotopic (exact) mass is 462 g/mol. The van der Waals surface area contributed by atoms with Crippen LogP contribution >= 0.6 is 0 Å². The molecule has 2 aromatic heterocycles. The highest BCUT2D eigenvalue weighted by molar-refractivity contribution is 5.94. The van der Waals surface area contributed by atoms with E-state index in [-0.39, 0.29) is 30.1 Å². The first-order valence-electron chi connectivity index (χ1n) is 10.6. The van der Waals surface area contributed by atoms with E-state index < -0.39 is 17.6 Å². The van der Waals surface area contributed by atoms with Gasteiger partial charge in [-0.25, -0.2) is 4.39 Å². The van der Waals surface area contributed by atoms with E-state index in [2.05, 4.69) is 10.2 Å². The molecule has 4 heterocycles. The van der Waals surface area contributed by atoms with E-state index in [1.165, 1.54) is 6.07 Å². The van der Waals surface area contributed by atoms with Gasteiger partial charge in [-0.15, -0.1) is 0 Å². The van der Waals surface area contributed by atoms with Gasteiger partial charge in [0.15, 0.2) is 0 Å². The molecule has 0 saturated carbocycles. The number of H-pyrrole nitrogens is 1. The Morgan fingerprint density at radius 1 is 1.18 bits per heavy atom. The summed E-state index contributed by atoms with van der Waals surface area (Å²) in [5.74, 6) is -1.55. The van der Waals surface area contributed by atoms with Crippen LogP contribution in [0.4, 0.5) is 23.2 Å². The molecule has 1 amide bonds. The van der Waals surface area contributed by atoms with Gasteiger partial charge in [-0.05, 0) is 31.2 Å². The number of alkyl halides is 3. The van der Waals surface area contributed by atoms with Crippen LogP contribution in [-0.4, -0.2) is 50.4 Å². The van der Waals surface area contributed by atoms with Crippen molar-refractivity contribution in [3.05, 3.63) is 64.5 Å². The molecule has 2 aliphatic heterocycles. The van der Waals surface area contributed by atoms with Gasteiger partial charge in [0.1, 0.15) is 11.5 Å². The number of fused-ring (bicyclic) bond motifs is 3. The van der Waals surface area contributed by atoms with E-state index in [1.54, 1.807) is 27.7 Å². The molecule has 3 aromatic rings. The van der Waals surface area contributed by atoms with Crippen LogP contribution < -0.4 is 4.90 Å². The Balaban J connectivity index is 1.53. The molecule has 7 nitrogen and oxygen atoms in total. The van der Waals surface area contributed by atoms with Crippen LogP contribution in [-0.2, 0) is 25.7 Å². The summed E-state index contributed by atoms with van der Waals surface area (Å²) in [6, 6.07) is 4.70. The number of rotatable bonds is 2. The molecule has 11 heteroatoms. The van der Waals surface area contributed by atoms with E-state index in [9.17, 15) is 22.4 Å². The third-order valence-electron chi connectivity index (χ3n) is 6.45. The number of anilines is 1. The second-order valence-electron chi connectivity index (χ2n) is 8.68. The number of aromatic nitrogens is 4. The lowest BCUT2D eigenvalue weighted by atomic mass is 9.98. The van der Waals surface area contributed by atoms with Crippen LogP contribution in [0.25, 0.3) is 0 Å². The van der Waals surface area contributed by atoms with Crippen molar-refractivity contribution < 1.29 is 22.4 Å². The first-order chi connectivity index (χ1) is 15.6. The highest BCUT2D eigenvalue weighted by Crippen LogP contribution is 2.37. The van der Waals surface area contributed by atoms with Crippen LogP contribution in [0.5, 0.6) is 0 Å². The molecule has 5 rings (SSSR count). The number of hydrogen-bond acceptors (Lipinski definition) is 4. The van der Waals surface area contributed by atoms with Crippen molar-refractivity contribution in [1.82, 2.24) is 24.9 Å². The molecule has 0 aliphatic carbocycles. The maximum atomic E-state index is 13.8. The average Bonchev–Trinajstić information content (AvgIpc) is 3.37. The smallest absolute Gasteiger partial charge is 0.364 e. The highest BCUT2D eigenvalue weighted by Gasteiger charge is 2.38. The Labute approximate surface area is 187 Å². The van der Waals surface area contributed by atoms with Gasteiger partial charge in [0.05, 0.1) is 23.5 Å². The van der Waals surface area contributed by atoms with Crippen molar-refractivity contribution in [1.29, 1.82) is 0 Å². The van der Waals surface area contributed by atoms with Gasteiger partial charge in [0.2, 0.25) is 0 Å². The van der Waals surface area contributed by atoms with Gasteiger partial charge < -0.3 is 9.80 Å². The summed E-state index contributed by atoms with van der Waals surface area (Å²) in [6.45, 7) is 3.02. The number of nitrogens with one attached hydrogen (secondary N) is 1. The lowest BCUT2D eigenvalue weighted by Gasteiger charge is -2.35. The molecule has 2 atom stereocenters. The number of nitrogens with zero attached hydrogens (tertiary/aromatic N) is 5. The molecule has 0 bridgehead atoms. The van der Waals surface area contributed by atoms with E-state index in [1.807, 2.05) is 13.0 Å². The van der Waals surface area contributed by atoms with Crippen LogP contribution in [0, 0.1) is 5.82 Å². The zero-order valence-electron chi connectivity index (χ0n) is 18.0. The van der Waals surface area contributed by atoms with Crippen molar-refractivity contribution in [3.8, 4) is 0 Å². The number of carbonyl (C=O) groups excluding carboxylic acids is 1.